The molecule has 1 aromatic carbocycles. The fourth-order valence-electron chi connectivity index (χ4n) is 1.80. The van der Waals surface area contributed by atoms with Gasteiger partial charge in [-0.15, -0.1) is 0 Å². The molecule has 0 aliphatic heterocycles. The summed E-state index contributed by atoms with van der Waals surface area (Å²) in [7, 11) is 1.67. The first-order chi connectivity index (χ1) is 8.95. The van der Waals surface area contributed by atoms with E-state index in [1.54, 1.807) is 7.11 Å². The summed E-state index contributed by atoms with van der Waals surface area (Å²) in [6.45, 7) is 8.17. The summed E-state index contributed by atoms with van der Waals surface area (Å²) in [6, 6.07) is 8.10. The van der Waals surface area contributed by atoms with Gasteiger partial charge in [-0.2, -0.15) is 0 Å². The van der Waals surface area contributed by atoms with Crippen LogP contribution in [0.15, 0.2) is 24.3 Å². The van der Waals surface area contributed by atoms with Gasteiger partial charge in [-0.3, -0.25) is 0 Å². The van der Waals surface area contributed by atoms with E-state index in [2.05, 4.69) is 32.9 Å². The summed E-state index contributed by atoms with van der Waals surface area (Å²) < 4.78 is 10.4. The molecule has 0 aliphatic rings. The van der Waals surface area contributed by atoms with Crippen LogP contribution >= 0.6 is 0 Å². The summed E-state index contributed by atoms with van der Waals surface area (Å²) in [6.07, 6.45) is 0.295. The van der Waals surface area contributed by atoms with Crippen LogP contribution in [0.1, 0.15) is 44.4 Å². The van der Waals surface area contributed by atoms with Gasteiger partial charge in [-0.1, -0.05) is 45.0 Å². The second kappa shape index (κ2) is 7.63. The Morgan fingerprint density at radius 3 is 2.26 bits per heavy atom. The highest BCUT2D eigenvalue weighted by Gasteiger charge is 2.14. The van der Waals surface area contributed by atoms with Gasteiger partial charge in [0.15, 0.2) is 0 Å². The zero-order valence-electron chi connectivity index (χ0n) is 12.5. The van der Waals surface area contributed by atoms with Crippen molar-refractivity contribution in [2.45, 2.75) is 38.7 Å². The fraction of sp³-hybridized carbons (Fsp3) is 0.625. The minimum atomic E-state index is -0.559. The van der Waals surface area contributed by atoms with E-state index in [-0.39, 0.29) is 5.41 Å². The predicted octanol–water partition coefficient (Wildman–Crippen LogP) is 3.07. The standard InChI is InChI=1S/C16H26O3/c1-16(2,3)14-8-6-13(7-9-14)15(17)12-19-11-5-10-18-4/h6-9,15,17H,5,10-12H2,1-4H3. The van der Waals surface area contributed by atoms with E-state index in [0.29, 0.717) is 19.8 Å². The number of hydrogen-bond acceptors (Lipinski definition) is 3. The molecule has 0 aliphatic carbocycles. The van der Waals surface area contributed by atoms with E-state index in [9.17, 15) is 5.11 Å². The van der Waals surface area contributed by atoms with Crippen LogP contribution in [0.3, 0.4) is 0 Å². The third kappa shape index (κ3) is 5.72. The molecule has 0 heterocycles. The lowest BCUT2D eigenvalue weighted by Gasteiger charge is -2.20. The van der Waals surface area contributed by atoms with Gasteiger partial charge in [0.25, 0.3) is 0 Å². The molecule has 0 amide bonds. The molecule has 0 saturated carbocycles. The number of hydrogen-bond donors (Lipinski definition) is 1. The number of aliphatic hydroxyl groups excluding tert-OH is 1. The molecule has 0 aromatic heterocycles. The minimum absolute atomic E-state index is 0.139. The van der Waals surface area contributed by atoms with Gasteiger partial charge in [-0.25, -0.2) is 0 Å². The molecule has 1 N–H and O–H groups in total. The van der Waals surface area contributed by atoms with Crippen LogP contribution in [0, 0.1) is 0 Å². The normalized spacial score (nSPS) is 13.5. The average Bonchev–Trinajstić information content (AvgIpc) is 2.37. The molecule has 0 bridgehead atoms. The Morgan fingerprint density at radius 1 is 1.11 bits per heavy atom. The smallest absolute Gasteiger partial charge is 0.102 e. The monoisotopic (exact) mass is 266 g/mol. The topological polar surface area (TPSA) is 38.7 Å². The first-order valence-corrected chi connectivity index (χ1v) is 6.80. The number of rotatable bonds is 7. The van der Waals surface area contributed by atoms with Crippen molar-refractivity contribution in [1.82, 2.24) is 0 Å². The Morgan fingerprint density at radius 2 is 1.74 bits per heavy atom. The summed E-state index contributed by atoms with van der Waals surface area (Å²) in [4.78, 5) is 0. The molecular weight excluding hydrogens is 240 g/mol. The number of benzene rings is 1. The number of methoxy groups -OCH3 is 1. The molecule has 3 heteroatoms. The van der Waals surface area contributed by atoms with Crippen LogP contribution in [-0.2, 0) is 14.9 Å². The fourth-order valence-corrected chi connectivity index (χ4v) is 1.80. The van der Waals surface area contributed by atoms with E-state index in [1.165, 1.54) is 5.56 Å². The van der Waals surface area contributed by atoms with Crippen molar-refractivity contribution in [3.05, 3.63) is 35.4 Å². The number of aliphatic hydroxyl groups is 1. The van der Waals surface area contributed by atoms with E-state index >= 15 is 0 Å². The second-order valence-corrected chi connectivity index (χ2v) is 5.81. The summed E-state index contributed by atoms with van der Waals surface area (Å²) in [5.41, 5.74) is 2.31. The van der Waals surface area contributed by atoms with Gasteiger partial charge in [-0.05, 0) is 23.0 Å². The number of ether oxygens (including phenoxy) is 2. The third-order valence-corrected chi connectivity index (χ3v) is 3.07. The highest BCUT2D eigenvalue weighted by atomic mass is 16.5. The first kappa shape index (κ1) is 16.2. The highest BCUT2D eigenvalue weighted by Crippen LogP contribution is 2.24. The molecular formula is C16H26O3. The van der Waals surface area contributed by atoms with Crippen molar-refractivity contribution in [3.8, 4) is 0 Å². The van der Waals surface area contributed by atoms with Gasteiger partial charge in [0.1, 0.15) is 6.10 Å². The van der Waals surface area contributed by atoms with Crippen LogP contribution in [0.4, 0.5) is 0 Å². The molecule has 0 fully saturated rings. The van der Waals surface area contributed by atoms with E-state index in [0.717, 1.165) is 12.0 Å². The van der Waals surface area contributed by atoms with Crippen LogP contribution in [-0.4, -0.2) is 32.0 Å². The predicted molar refractivity (Wildman–Crippen MR) is 77.4 cm³/mol. The molecule has 3 nitrogen and oxygen atoms in total. The molecule has 108 valence electrons. The molecule has 1 unspecified atom stereocenters. The average molecular weight is 266 g/mol. The van der Waals surface area contributed by atoms with Crippen molar-refractivity contribution < 1.29 is 14.6 Å². The first-order valence-electron chi connectivity index (χ1n) is 6.80. The molecule has 1 rings (SSSR count). The largest absolute Gasteiger partial charge is 0.386 e. The van der Waals surface area contributed by atoms with Gasteiger partial charge >= 0.3 is 0 Å². The molecule has 0 spiro atoms. The maximum Gasteiger partial charge on any atom is 0.102 e. The Labute approximate surface area is 116 Å². The Balaban J connectivity index is 2.42. The molecule has 19 heavy (non-hydrogen) atoms. The van der Waals surface area contributed by atoms with E-state index in [4.69, 9.17) is 9.47 Å². The second-order valence-electron chi connectivity index (χ2n) is 5.81. The van der Waals surface area contributed by atoms with Crippen molar-refractivity contribution >= 4 is 0 Å². The lowest BCUT2D eigenvalue weighted by atomic mass is 9.86. The van der Waals surface area contributed by atoms with Crippen molar-refractivity contribution in [3.63, 3.8) is 0 Å². The third-order valence-electron chi connectivity index (χ3n) is 3.07. The lowest BCUT2D eigenvalue weighted by molar-refractivity contribution is 0.0279. The van der Waals surface area contributed by atoms with Crippen molar-refractivity contribution in [2.75, 3.05) is 26.9 Å². The van der Waals surface area contributed by atoms with Gasteiger partial charge in [0, 0.05) is 20.3 Å². The van der Waals surface area contributed by atoms with E-state index in [1.807, 2.05) is 12.1 Å². The molecule has 0 radical (unpaired) electrons. The van der Waals surface area contributed by atoms with Crippen LogP contribution in [0.25, 0.3) is 0 Å². The lowest BCUT2D eigenvalue weighted by Crippen LogP contribution is -2.12. The van der Waals surface area contributed by atoms with Gasteiger partial charge in [0.05, 0.1) is 6.61 Å². The summed E-state index contributed by atoms with van der Waals surface area (Å²) >= 11 is 0. The Bertz CT molecular complexity index is 351. The molecule has 0 saturated heterocycles. The molecule has 1 aromatic rings. The zero-order chi connectivity index (χ0) is 14.3. The Hall–Kier alpha value is -0.900. The quantitative estimate of drug-likeness (QED) is 0.771. The summed E-state index contributed by atoms with van der Waals surface area (Å²) in [5, 5.41) is 10.0. The van der Waals surface area contributed by atoms with Gasteiger partial charge in [0.2, 0.25) is 0 Å². The van der Waals surface area contributed by atoms with Crippen molar-refractivity contribution in [1.29, 1.82) is 0 Å². The molecule has 1 atom stereocenters. The van der Waals surface area contributed by atoms with Crippen LogP contribution < -0.4 is 0 Å². The zero-order valence-corrected chi connectivity index (χ0v) is 12.5. The van der Waals surface area contributed by atoms with Gasteiger partial charge < -0.3 is 14.6 Å². The Kier molecular flexibility index (Phi) is 6.49. The SMILES string of the molecule is COCCCOCC(O)c1ccc(C(C)(C)C)cc1. The minimum Gasteiger partial charge on any atom is -0.386 e. The van der Waals surface area contributed by atoms with Crippen molar-refractivity contribution in [2.24, 2.45) is 0 Å². The summed E-state index contributed by atoms with van der Waals surface area (Å²) in [5.74, 6) is 0. The van der Waals surface area contributed by atoms with E-state index < -0.39 is 6.10 Å². The maximum absolute atomic E-state index is 10.0. The highest BCUT2D eigenvalue weighted by molar-refractivity contribution is 5.28. The van der Waals surface area contributed by atoms with Crippen LogP contribution in [0.5, 0.6) is 0 Å². The maximum atomic E-state index is 10.0. The van der Waals surface area contributed by atoms with Crippen LogP contribution in [0.2, 0.25) is 0 Å².